The van der Waals surface area contributed by atoms with Gasteiger partial charge >= 0.3 is 0 Å². The van der Waals surface area contributed by atoms with Crippen LogP contribution in [-0.4, -0.2) is 11.3 Å². The van der Waals surface area contributed by atoms with Gasteiger partial charge < -0.3 is 23.2 Å². The van der Waals surface area contributed by atoms with E-state index in [1.165, 1.54) is 60.5 Å². The number of anilines is 6. The average molecular weight is 1430 g/mol. The molecule has 0 bridgehead atoms. The third-order valence-electron chi connectivity index (χ3n) is 23.5. The molecule has 0 radical (unpaired) electrons. The topological polar surface area (TPSA) is 37.7 Å². The van der Waals surface area contributed by atoms with Gasteiger partial charge in [0, 0.05) is 61.1 Å². The number of hydrogen-bond acceptors (Lipinski definition) is 4. The van der Waals surface area contributed by atoms with Gasteiger partial charge in [-0.15, -0.1) is 0 Å². The lowest BCUT2D eigenvalue weighted by molar-refractivity contribution is 0.590. The summed E-state index contributed by atoms with van der Waals surface area (Å²) in [5, 5.41) is 6.52. The molecule has 5 nitrogen and oxygen atoms in total. The normalized spacial score (nSPS) is 12.5. The molecule has 526 valence electrons. The lowest BCUT2D eigenvalue weighted by Gasteiger charge is -2.46. The quantitative estimate of drug-likeness (QED) is 0.121. The lowest BCUT2D eigenvalue weighted by atomic mass is 9.33. The minimum atomic E-state index is -0.381. The Morgan fingerprint density at radius 3 is 1.14 bits per heavy atom. The van der Waals surface area contributed by atoms with Gasteiger partial charge in [-0.05, 0) is 208 Å². The molecular formula is C106H72BN3O2. The highest BCUT2D eigenvalue weighted by Crippen LogP contribution is 2.56. The molecule has 0 aliphatic carbocycles. The minimum Gasteiger partial charge on any atom is -0.456 e. The summed E-state index contributed by atoms with van der Waals surface area (Å²) in [5.41, 5.74) is 35.5. The molecule has 6 heteroatoms. The fraction of sp³-hybridized carbons (Fsp3) is 0.0377. The molecule has 0 amide bonds. The summed E-state index contributed by atoms with van der Waals surface area (Å²) in [6.45, 7) is 6.80. The van der Waals surface area contributed by atoms with E-state index < -0.39 is 0 Å². The maximum Gasteiger partial charge on any atom is 0.252 e. The van der Waals surface area contributed by atoms with Crippen LogP contribution >= 0.6 is 0 Å². The van der Waals surface area contributed by atoms with Crippen molar-refractivity contribution < 1.29 is 8.83 Å². The summed E-state index contributed by atoms with van der Waals surface area (Å²) in [6, 6.07) is 142. The van der Waals surface area contributed by atoms with Gasteiger partial charge in [-0.25, -0.2) is 0 Å². The van der Waals surface area contributed by atoms with Gasteiger partial charge in [0.1, 0.15) is 22.3 Å². The second kappa shape index (κ2) is 25.7. The highest BCUT2D eigenvalue weighted by Gasteiger charge is 2.47. The summed E-state index contributed by atoms with van der Waals surface area (Å²) >= 11 is 0. The van der Waals surface area contributed by atoms with Crippen LogP contribution in [0.1, 0.15) is 26.3 Å². The van der Waals surface area contributed by atoms with Crippen molar-refractivity contribution in [3.63, 3.8) is 0 Å². The number of aromatic nitrogens is 1. The van der Waals surface area contributed by atoms with Crippen LogP contribution in [-0.2, 0) is 5.41 Å². The first-order chi connectivity index (χ1) is 55.2. The highest BCUT2D eigenvalue weighted by molar-refractivity contribution is 7.00. The Morgan fingerprint density at radius 2 is 0.652 bits per heavy atom. The van der Waals surface area contributed by atoms with E-state index in [4.69, 9.17) is 8.83 Å². The SMILES string of the molecule is CC(C)(C)c1cc2c3c(c1)N(c1c(-c4cccc(-c5ccccc5)c4)ccc4oc5ccccc5c14)c1cc(-n4c5ccc(-c6ccccc6)cc5c5cc(-c6ccccc6)ccc54)ccc1B3c1cc(-c3ccccc3-c3ccccc3)ccc1N2c1c(-c2cccc(-c3ccccc3)c2)ccc2oc3ccccc3c12. The first kappa shape index (κ1) is 64.9. The van der Waals surface area contributed by atoms with Crippen LogP contribution in [0.4, 0.5) is 34.1 Å². The summed E-state index contributed by atoms with van der Waals surface area (Å²) in [7, 11) is 0. The van der Waals surface area contributed by atoms with Crippen LogP contribution in [0.2, 0.25) is 0 Å². The van der Waals surface area contributed by atoms with Crippen molar-refractivity contribution in [2.45, 2.75) is 26.2 Å². The summed E-state index contributed by atoms with van der Waals surface area (Å²) < 4.78 is 16.8. The molecular weight excluding hydrogens is 1360 g/mol. The molecule has 112 heavy (non-hydrogen) atoms. The van der Waals surface area contributed by atoms with Crippen molar-refractivity contribution in [2.24, 2.45) is 0 Å². The Labute approximate surface area is 650 Å². The molecule has 22 rings (SSSR count). The van der Waals surface area contributed by atoms with E-state index in [2.05, 4.69) is 417 Å². The molecule has 0 atom stereocenters. The molecule has 0 fully saturated rings. The van der Waals surface area contributed by atoms with Crippen LogP contribution in [0.5, 0.6) is 0 Å². The Kier molecular flexibility index (Phi) is 14.9. The van der Waals surface area contributed by atoms with Crippen LogP contribution in [0, 0.1) is 0 Å². The van der Waals surface area contributed by atoms with Gasteiger partial charge in [0.25, 0.3) is 6.71 Å². The van der Waals surface area contributed by atoms with E-state index >= 15 is 0 Å². The van der Waals surface area contributed by atoms with Gasteiger partial charge in [-0.1, -0.05) is 300 Å². The van der Waals surface area contributed by atoms with E-state index in [0.29, 0.717) is 0 Å². The number of hydrogen-bond donors (Lipinski definition) is 0. The van der Waals surface area contributed by atoms with E-state index in [1.807, 2.05) is 0 Å². The minimum absolute atomic E-state index is 0.329. The van der Waals surface area contributed by atoms with Gasteiger partial charge in [0.15, 0.2) is 0 Å². The largest absolute Gasteiger partial charge is 0.456 e. The zero-order valence-electron chi connectivity index (χ0n) is 62.1. The molecule has 0 saturated heterocycles. The second-order valence-electron chi connectivity index (χ2n) is 31.0. The predicted octanol–water partition coefficient (Wildman–Crippen LogP) is 27.3. The fourth-order valence-corrected chi connectivity index (χ4v) is 18.3. The zero-order chi connectivity index (χ0) is 74.3. The molecule has 0 spiro atoms. The van der Waals surface area contributed by atoms with Crippen molar-refractivity contribution in [1.82, 2.24) is 4.57 Å². The standard InChI is InChI=1S/C106H72BN3O2/c1-106(2,3)79-64-95-103-96(65-79)110(105-84(52-58-100-102(105)86-44-22-24-46-98(86)112-100)77-40-26-38-73(60-77)68-29-11-5-12-30-68)94-66-80(108-91-54-47-74(69-31-13-6-14-32-69)61-87(91)88-62-75(48-55-92(88)108)70-33-15-7-16-34-70)50-53-89(94)107(103)90-63-78(82-42-20-19-41-81(82)71-35-17-8-18-36-71)49-56-93(90)109(95)104-83(51-57-99-101(104)85-43-21-23-45-97(85)111-99)76-39-25-37-72(59-76)67-27-9-4-10-28-67/h4-66H,1-3H3. The van der Waals surface area contributed by atoms with Crippen LogP contribution in [0.25, 0.3) is 160 Å². The molecule has 2 aliphatic rings. The smallest absolute Gasteiger partial charge is 0.252 e. The summed E-state index contributed by atoms with van der Waals surface area (Å²) in [5.74, 6) is 0. The van der Waals surface area contributed by atoms with Gasteiger partial charge in [-0.2, -0.15) is 0 Å². The number of rotatable bonds is 11. The molecule has 0 saturated carbocycles. The van der Waals surface area contributed by atoms with E-state index in [0.717, 1.165) is 156 Å². The fourth-order valence-electron chi connectivity index (χ4n) is 18.3. The maximum absolute atomic E-state index is 7.19. The van der Waals surface area contributed by atoms with E-state index in [-0.39, 0.29) is 12.1 Å². The first-order valence-electron chi connectivity index (χ1n) is 38.8. The molecule has 17 aromatic carbocycles. The third kappa shape index (κ3) is 10.5. The van der Waals surface area contributed by atoms with Crippen molar-refractivity contribution in [3.8, 4) is 94.7 Å². The Bertz CT molecular complexity index is 7080. The first-order valence-corrected chi connectivity index (χ1v) is 38.8. The number of fused-ring (bicyclic) bond motifs is 13. The number of furan rings is 2. The number of nitrogens with zero attached hydrogens (tertiary/aromatic N) is 3. The monoisotopic (exact) mass is 1430 g/mol. The molecule has 3 aromatic heterocycles. The van der Waals surface area contributed by atoms with Crippen molar-refractivity contribution in [1.29, 1.82) is 0 Å². The molecule has 2 aliphatic heterocycles. The lowest BCUT2D eigenvalue weighted by Crippen LogP contribution is -2.61. The predicted molar refractivity (Wildman–Crippen MR) is 472 cm³/mol. The van der Waals surface area contributed by atoms with E-state index in [1.54, 1.807) is 0 Å². The Morgan fingerprint density at radius 1 is 0.250 bits per heavy atom. The summed E-state index contributed by atoms with van der Waals surface area (Å²) in [4.78, 5) is 5.34. The third-order valence-corrected chi connectivity index (χ3v) is 23.5. The zero-order valence-corrected chi connectivity index (χ0v) is 62.1. The van der Waals surface area contributed by atoms with Crippen LogP contribution in [0.15, 0.2) is 391 Å². The van der Waals surface area contributed by atoms with E-state index in [9.17, 15) is 0 Å². The molecule has 20 aromatic rings. The van der Waals surface area contributed by atoms with Crippen molar-refractivity contribution in [3.05, 3.63) is 388 Å². The van der Waals surface area contributed by atoms with Gasteiger partial charge in [0.2, 0.25) is 0 Å². The van der Waals surface area contributed by atoms with Crippen molar-refractivity contribution in [2.75, 3.05) is 9.80 Å². The Balaban J connectivity index is 0.896. The molecule has 5 heterocycles. The van der Waals surface area contributed by atoms with Gasteiger partial charge in [-0.3, -0.25) is 0 Å². The molecule has 0 N–H and O–H groups in total. The summed E-state index contributed by atoms with van der Waals surface area (Å²) in [6.07, 6.45) is 0. The van der Waals surface area contributed by atoms with Crippen LogP contribution < -0.4 is 26.2 Å². The van der Waals surface area contributed by atoms with Crippen LogP contribution in [0.3, 0.4) is 0 Å². The Hall–Kier alpha value is -14.2. The number of para-hydroxylation sites is 2. The second-order valence-corrected chi connectivity index (χ2v) is 31.0. The average Bonchev–Trinajstić information content (AvgIpc) is 0.826. The maximum atomic E-state index is 7.19. The molecule has 0 unspecified atom stereocenters. The highest BCUT2D eigenvalue weighted by atomic mass is 16.3. The van der Waals surface area contributed by atoms with Crippen molar-refractivity contribution >= 4 is 123 Å². The number of benzene rings is 17. The van der Waals surface area contributed by atoms with Gasteiger partial charge in [0.05, 0.1) is 33.2 Å².